The van der Waals surface area contributed by atoms with Gasteiger partial charge in [-0.3, -0.25) is 0 Å². The molecule has 0 spiro atoms. The third-order valence-corrected chi connectivity index (χ3v) is 3.41. The normalized spacial score (nSPS) is 11.8. The second-order valence-corrected chi connectivity index (χ2v) is 4.59. The Morgan fingerprint density at radius 1 is 1.25 bits per heavy atom. The van der Waals surface area contributed by atoms with Crippen LogP contribution in [0.25, 0.3) is 11.0 Å². The Labute approximate surface area is 121 Å². The van der Waals surface area contributed by atoms with Gasteiger partial charge in [-0.15, -0.1) is 0 Å². The summed E-state index contributed by atoms with van der Waals surface area (Å²) in [4.78, 5) is 12.3. The van der Waals surface area contributed by atoms with Gasteiger partial charge in [0.25, 0.3) is 0 Å². The van der Waals surface area contributed by atoms with Crippen molar-refractivity contribution in [3.05, 3.63) is 64.9 Å². The average Bonchev–Trinajstić information content (AvgIpc) is 2.96. The van der Waals surface area contributed by atoms with Crippen molar-refractivity contribution < 1.29 is 4.84 Å². The van der Waals surface area contributed by atoms with Gasteiger partial charge in [-0.2, -0.15) is 0 Å². The summed E-state index contributed by atoms with van der Waals surface area (Å²) in [7, 11) is 1.51. The molecule has 0 bridgehead atoms. The number of aromatic nitrogens is 2. The molecule has 0 aliphatic rings. The standard InChI is InChI=1S/C15H12ClN3O/c1-20-19-14(10-5-3-2-4-6-10)12-9-18-15-11(13(12)16)7-8-17-15/h2-9H,1H3,(H,17,18)/b19-14-. The van der Waals surface area contributed by atoms with Crippen LogP contribution < -0.4 is 0 Å². The number of nitrogens with zero attached hydrogens (tertiary/aromatic N) is 2. The molecule has 0 amide bonds. The van der Waals surface area contributed by atoms with E-state index in [1.807, 2.05) is 42.6 Å². The number of hydrogen-bond donors (Lipinski definition) is 1. The van der Waals surface area contributed by atoms with Crippen LogP contribution in [0.15, 0.2) is 53.9 Å². The van der Waals surface area contributed by atoms with E-state index >= 15 is 0 Å². The van der Waals surface area contributed by atoms with E-state index in [0.29, 0.717) is 10.7 Å². The second kappa shape index (κ2) is 5.35. The molecular formula is C15H12ClN3O. The number of aromatic amines is 1. The molecule has 100 valence electrons. The van der Waals surface area contributed by atoms with Crippen molar-refractivity contribution in [1.82, 2.24) is 9.97 Å². The number of H-pyrrole nitrogens is 1. The van der Waals surface area contributed by atoms with Crippen molar-refractivity contribution >= 4 is 28.3 Å². The zero-order valence-electron chi connectivity index (χ0n) is 10.8. The number of oxime groups is 1. The Morgan fingerprint density at radius 2 is 2.05 bits per heavy atom. The molecule has 0 fully saturated rings. The quantitative estimate of drug-likeness (QED) is 0.590. The smallest absolute Gasteiger partial charge is 0.138 e. The molecule has 5 heteroatoms. The molecule has 2 aromatic heterocycles. The first kappa shape index (κ1) is 12.7. The fourth-order valence-electron chi connectivity index (χ4n) is 2.09. The first-order valence-electron chi connectivity index (χ1n) is 6.10. The molecule has 4 nitrogen and oxygen atoms in total. The molecule has 1 N–H and O–H groups in total. The fraction of sp³-hybridized carbons (Fsp3) is 0.0667. The molecule has 0 aliphatic heterocycles. The lowest BCUT2D eigenvalue weighted by molar-refractivity contribution is 0.214. The summed E-state index contributed by atoms with van der Waals surface area (Å²) in [6.45, 7) is 0. The second-order valence-electron chi connectivity index (χ2n) is 4.21. The number of rotatable bonds is 3. The summed E-state index contributed by atoms with van der Waals surface area (Å²) in [5.74, 6) is 0. The molecular weight excluding hydrogens is 274 g/mol. The highest BCUT2D eigenvalue weighted by Gasteiger charge is 2.15. The van der Waals surface area contributed by atoms with Crippen LogP contribution in [0, 0.1) is 0 Å². The number of benzene rings is 1. The molecule has 0 unspecified atom stereocenters. The number of halogens is 1. The van der Waals surface area contributed by atoms with Crippen LogP contribution in [0.2, 0.25) is 5.02 Å². The van der Waals surface area contributed by atoms with Gasteiger partial charge in [0, 0.05) is 28.9 Å². The molecule has 3 rings (SSSR count). The highest BCUT2D eigenvalue weighted by Crippen LogP contribution is 2.27. The summed E-state index contributed by atoms with van der Waals surface area (Å²) < 4.78 is 0. The van der Waals surface area contributed by atoms with E-state index in [0.717, 1.165) is 22.2 Å². The largest absolute Gasteiger partial charge is 0.399 e. The summed E-state index contributed by atoms with van der Waals surface area (Å²) in [6.07, 6.45) is 3.51. The minimum atomic E-state index is 0.607. The zero-order valence-corrected chi connectivity index (χ0v) is 11.6. The van der Waals surface area contributed by atoms with Crippen molar-refractivity contribution in [3.63, 3.8) is 0 Å². The topological polar surface area (TPSA) is 50.3 Å². The van der Waals surface area contributed by atoms with Crippen molar-refractivity contribution in [3.8, 4) is 0 Å². The van der Waals surface area contributed by atoms with E-state index in [1.165, 1.54) is 7.11 Å². The van der Waals surface area contributed by atoms with E-state index in [-0.39, 0.29) is 0 Å². The molecule has 1 aromatic carbocycles. The minimum absolute atomic E-state index is 0.607. The summed E-state index contributed by atoms with van der Waals surface area (Å²) in [6, 6.07) is 11.6. The van der Waals surface area contributed by atoms with Crippen LogP contribution in [0.3, 0.4) is 0 Å². The lowest BCUT2D eigenvalue weighted by Crippen LogP contribution is -2.05. The lowest BCUT2D eigenvalue weighted by Gasteiger charge is -2.08. The van der Waals surface area contributed by atoms with Crippen molar-refractivity contribution in [1.29, 1.82) is 0 Å². The number of hydrogen-bond acceptors (Lipinski definition) is 3. The van der Waals surface area contributed by atoms with Crippen LogP contribution in [0.5, 0.6) is 0 Å². The van der Waals surface area contributed by atoms with Gasteiger partial charge >= 0.3 is 0 Å². The van der Waals surface area contributed by atoms with E-state index in [2.05, 4.69) is 15.1 Å². The Bertz CT molecular complexity index is 765. The van der Waals surface area contributed by atoms with E-state index in [1.54, 1.807) is 6.20 Å². The van der Waals surface area contributed by atoms with Gasteiger partial charge in [0.1, 0.15) is 18.5 Å². The van der Waals surface area contributed by atoms with Gasteiger partial charge in [-0.05, 0) is 6.07 Å². The van der Waals surface area contributed by atoms with Gasteiger partial charge in [-0.1, -0.05) is 47.1 Å². The van der Waals surface area contributed by atoms with Gasteiger partial charge in [0.15, 0.2) is 0 Å². The highest BCUT2D eigenvalue weighted by atomic mass is 35.5. The van der Waals surface area contributed by atoms with Crippen LogP contribution >= 0.6 is 11.6 Å². The first-order valence-corrected chi connectivity index (χ1v) is 6.47. The lowest BCUT2D eigenvalue weighted by atomic mass is 10.0. The maximum absolute atomic E-state index is 6.47. The monoisotopic (exact) mass is 285 g/mol. The van der Waals surface area contributed by atoms with Crippen molar-refractivity contribution in [2.75, 3.05) is 7.11 Å². The van der Waals surface area contributed by atoms with Gasteiger partial charge < -0.3 is 9.82 Å². The van der Waals surface area contributed by atoms with Crippen LogP contribution in [-0.2, 0) is 4.84 Å². The average molecular weight is 286 g/mol. The predicted molar refractivity (Wildman–Crippen MR) is 80.2 cm³/mol. The third kappa shape index (κ3) is 2.14. The molecule has 0 atom stereocenters. The molecule has 20 heavy (non-hydrogen) atoms. The first-order chi connectivity index (χ1) is 9.81. The maximum Gasteiger partial charge on any atom is 0.138 e. The van der Waals surface area contributed by atoms with Crippen LogP contribution in [0.1, 0.15) is 11.1 Å². The Kier molecular flexibility index (Phi) is 3.39. The SMILES string of the molecule is CO/N=C(/c1ccccc1)c1cnc2[nH]ccc2c1Cl. The number of fused-ring (bicyclic) bond motifs is 1. The molecule has 3 aromatic rings. The van der Waals surface area contributed by atoms with Crippen LogP contribution in [0.4, 0.5) is 0 Å². The minimum Gasteiger partial charge on any atom is -0.399 e. The van der Waals surface area contributed by atoms with Gasteiger partial charge in [0.2, 0.25) is 0 Å². The highest BCUT2D eigenvalue weighted by molar-refractivity contribution is 6.39. The molecule has 2 heterocycles. The van der Waals surface area contributed by atoms with E-state index in [9.17, 15) is 0 Å². The summed E-state index contributed by atoms with van der Waals surface area (Å²) in [5.41, 5.74) is 3.08. The fourth-order valence-corrected chi connectivity index (χ4v) is 2.38. The zero-order chi connectivity index (χ0) is 13.9. The summed E-state index contributed by atoms with van der Waals surface area (Å²) in [5, 5.41) is 5.57. The Balaban J connectivity index is 2.20. The van der Waals surface area contributed by atoms with Gasteiger partial charge in [-0.25, -0.2) is 4.98 Å². The summed E-state index contributed by atoms with van der Waals surface area (Å²) >= 11 is 6.47. The number of nitrogens with one attached hydrogen (secondary N) is 1. The van der Waals surface area contributed by atoms with Crippen molar-refractivity contribution in [2.45, 2.75) is 0 Å². The van der Waals surface area contributed by atoms with Gasteiger partial charge in [0.05, 0.1) is 5.02 Å². The predicted octanol–water partition coefficient (Wildman–Crippen LogP) is 3.62. The molecule has 0 saturated carbocycles. The Morgan fingerprint density at radius 3 is 2.80 bits per heavy atom. The maximum atomic E-state index is 6.47. The third-order valence-electron chi connectivity index (χ3n) is 3.01. The molecule has 0 radical (unpaired) electrons. The Hall–Kier alpha value is -2.33. The van der Waals surface area contributed by atoms with E-state index < -0.39 is 0 Å². The molecule has 0 saturated heterocycles. The van der Waals surface area contributed by atoms with Crippen LogP contribution in [-0.4, -0.2) is 22.8 Å². The van der Waals surface area contributed by atoms with Crippen molar-refractivity contribution in [2.24, 2.45) is 5.16 Å². The number of pyridine rings is 1. The van der Waals surface area contributed by atoms with E-state index in [4.69, 9.17) is 16.4 Å². The molecule has 0 aliphatic carbocycles.